The minimum atomic E-state index is -0.475. The van der Waals surface area contributed by atoms with Gasteiger partial charge in [-0.25, -0.2) is 4.79 Å². The Kier molecular flexibility index (Phi) is 3.75. The van der Waals surface area contributed by atoms with Crippen LogP contribution in [-0.2, 0) is 9.53 Å². The lowest BCUT2D eigenvalue weighted by Gasteiger charge is -2.36. The molecule has 22 heavy (non-hydrogen) atoms. The Morgan fingerprint density at radius 3 is 2.82 bits per heavy atom. The van der Waals surface area contributed by atoms with Crippen LogP contribution in [0.5, 0.6) is 0 Å². The van der Waals surface area contributed by atoms with Crippen LogP contribution in [0.4, 0.5) is 4.79 Å². The van der Waals surface area contributed by atoms with Crippen molar-refractivity contribution in [3.8, 4) is 0 Å². The monoisotopic (exact) mass is 301 g/mol. The molecule has 1 aromatic carbocycles. The molecular weight excluding hydrogens is 282 g/mol. The molecule has 116 valence electrons. The highest BCUT2D eigenvalue weighted by atomic mass is 16.5. The summed E-state index contributed by atoms with van der Waals surface area (Å²) in [7, 11) is 0. The molecule has 6 nitrogen and oxygen atoms in total. The summed E-state index contributed by atoms with van der Waals surface area (Å²) >= 11 is 0. The summed E-state index contributed by atoms with van der Waals surface area (Å²) < 4.78 is 5.19. The Balaban J connectivity index is 2.03. The molecule has 0 radical (unpaired) electrons. The van der Waals surface area contributed by atoms with Crippen molar-refractivity contribution in [2.45, 2.75) is 25.9 Å². The van der Waals surface area contributed by atoms with E-state index in [1.165, 1.54) is 0 Å². The number of carbonyl (C=O) groups is 2. The summed E-state index contributed by atoms with van der Waals surface area (Å²) in [5.74, 6) is -0.783. The molecule has 0 bridgehead atoms. The minimum Gasteiger partial charge on any atom is -0.466 e. The van der Waals surface area contributed by atoms with Crippen molar-refractivity contribution >= 4 is 22.9 Å². The summed E-state index contributed by atoms with van der Waals surface area (Å²) in [6, 6.07) is 6.82. The standard InChI is InChI=1S/C16H19N3O3/c1-3-22-15(20)13-9(2)18-16(21)19-14(13)11-8-17-12-7-5-4-6-10(11)12/h4-9,13-14,17H,3H2,1-2H3,(H2,18,19,21). The van der Waals surface area contributed by atoms with E-state index >= 15 is 0 Å². The fraction of sp³-hybridized carbons (Fsp3) is 0.375. The molecule has 1 aliphatic rings. The second kappa shape index (κ2) is 5.71. The normalized spacial score (nSPS) is 24.6. The summed E-state index contributed by atoms with van der Waals surface area (Å²) in [4.78, 5) is 27.4. The van der Waals surface area contributed by atoms with E-state index in [1.54, 1.807) is 6.92 Å². The maximum absolute atomic E-state index is 12.3. The number of rotatable bonds is 3. The number of aromatic nitrogens is 1. The third-order valence-electron chi connectivity index (χ3n) is 4.06. The van der Waals surface area contributed by atoms with E-state index in [0.717, 1.165) is 16.5 Å². The van der Waals surface area contributed by atoms with Crippen LogP contribution in [-0.4, -0.2) is 29.6 Å². The first kappa shape index (κ1) is 14.4. The number of nitrogens with one attached hydrogen (secondary N) is 3. The van der Waals surface area contributed by atoms with Crippen molar-refractivity contribution in [2.75, 3.05) is 6.61 Å². The second-order valence-corrected chi connectivity index (χ2v) is 5.45. The first-order chi connectivity index (χ1) is 10.6. The molecule has 0 saturated carbocycles. The van der Waals surface area contributed by atoms with Gasteiger partial charge in [0.2, 0.25) is 0 Å². The molecule has 2 heterocycles. The molecule has 6 heteroatoms. The van der Waals surface area contributed by atoms with E-state index in [2.05, 4.69) is 15.6 Å². The molecule has 2 aromatic rings. The van der Waals surface area contributed by atoms with Gasteiger partial charge in [0, 0.05) is 28.7 Å². The number of urea groups is 1. The SMILES string of the molecule is CCOC(=O)C1C(C)NC(=O)NC1c1c[nH]c2ccccc12. The fourth-order valence-corrected chi connectivity index (χ4v) is 3.06. The number of H-pyrrole nitrogens is 1. The van der Waals surface area contributed by atoms with Crippen LogP contribution in [0.15, 0.2) is 30.5 Å². The summed E-state index contributed by atoms with van der Waals surface area (Å²) in [6.45, 7) is 3.91. The van der Waals surface area contributed by atoms with Crippen molar-refractivity contribution in [2.24, 2.45) is 5.92 Å². The van der Waals surface area contributed by atoms with E-state index in [-0.39, 0.29) is 18.0 Å². The van der Waals surface area contributed by atoms with E-state index in [0.29, 0.717) is 6.61 Å². The van der Waals surface area contributed by atoms with Crippen LogP contribution < -0.4 is 10.6 Å². The maximum atomic E-state index is 12.3. The third-order valence-corrected chi connectivity index (χ3v) is 4.06. The molecule has 2 amide bonds. The Morgan fingerprint density at radius 1 is 1.27 bits per heavy atom. The molecule has 1 aromatic heterocycles. The minimum absolute atomic E-state index is 0.275. The van der Waals surface area contributed by atoms with Crippen molar-refractivity contribution in [3.05, 3.63) is 36.0 Å². The molecule has 0 aliphatic carbocycles. The van der Waals surface area contributed by atoms with E-state index in [4.69, 9.17) is 4.74 Å². The average Bonchev–Trinajstić information content (AvgIpc) is 2.90. The number of hydrogen-bond acceptors (Lipinski definition) is 3. The van der Waals surface area contributed by atoms with Crippen molar-refractivity contribution in [3.63, 3.8) is 0 Å². The van der Waals surface area contributed by atoms with E-state index in [1.807, 2.05) is 37.4 Å². The van der Waals surface area contributed by atoms with Crippen molar-refractivity contribution in [1.29, 1.82) is 0 Å². The highest BCUT2D eigenvalue weighted by Gasteiger charge is 2.41. The number of carbonyl (C=O) groups excluding carboxylic acids is 2. The third kappa shape index (κ3) is 2.41. The molecule has 3 N–H and O–H groups in total. The van der Waals surface area contributed by atoms with E-state index < -0.39 is 12.0 Å². The van der Waals surface area contributed by atoms with Gasteiger partial charge in [-0.3, -0.25) is 4.79 Å². The first-order valence-corrected chi connectivity index (χ1v) is 7.41. The van der Waals surface area contributed by atoms with E-state index in [9.17, 15) is 9.59 Å². The number of ether oxygens (including phenoxy) is 1. The quantitative estimate of drug-likeness (QED) is 0.759. The lowest BCUT2D eigenvalue weighted by Crippen LogP contribution is -2.57. The van der Waals surface area contributed by atoms with Crippen molar-refractivity contribution in [1.82, 2.24) is 15.6 Å². The van der Waals surface area contributed by atoms with Gasteiger partial charge >= 0.3 is 12.0 Å². The van der Waals surface area contributed by atoms with Gasteiger partial charge in [-0.1, -0.05) is 18.2 Å². The van der Waals surface area contributed by atoms with Crippen LogP contribution in [0.3, 0.4) is 0 Å². The van der Waals surface area contributed by atoms with Gasteiger partial charge in [0.05, 0.1) is 12.6 Å². The number of aromatic amines is 1. The molecule has 1 fully saturated rings. The molecule has 0 spiro atoms. The number of hydrogen-bond donors (Lipinski definition) is 3. The Bertz CT molecular complexity index is 709. The molecule has 1 aliphatic heterocycles. The highest BCUT2D eigenvalue weighted by Crippen LogP contribution is 2.33. The molecule has 3 unspecified atom stereocenters. The summed E-state index contributed by atoms with van der Waals surface area (Å²) in [5.41, 5.74) is 1.87. The molecule has 3 atom stereocenters. The predicted molar refractivity (Wildman–Crippen MR) is 82.3 cm³/mol. The zero-order valence-corrected chi connectivity index (χ0v) is 12.6. The second-order valence-electron chi connectivity index (χ2n) is 5.45. The first-order valence-electron chi connectivity index (χ1n) is 7.41. The zero-order valence-electron chi connectivity index (χ0n) is 12.6. The lowest BCUT2D eigenvalue weighted by molar-refractivity contribution is -0.150. The van der Waals surface area contributed by atoms with Crippen LogP contribution in [0.25, 0.3) is 10.9 Å². The number of esters is 1. The molecule has 3 rings (SSSR count). The fourth-order valence-electron chi connectivity index (χ4n) is 3.06. The number of fused-ring (bicyclic) bond motifs is 1. The Morgan fingerprint density at radius 2 is 2.05 bits per heavy atom. The summed E-state index contributed by atoms with van der Waals surface area (Å²) in [6.07, 6.45) is 1.85. The van der Waals surface area contributed by atoms with Crippen LogP contribution >= 0.6 is 0 Å². The maximum Gasteiger partial charge on any atom is 0.315 e. The zero-order chi connectivity index (χ0) is 15.7. The largest absolute Gasteiger partial charge is 0.466 e. The Labute approximate surface area is 128 Å². The topological polar surface area (TPSA) is 83.2 Å². The van der Waals surface area contributed by atoms with Gasteiger partial charge in [0.25, 0.3) is 0 Å². The van der Waals surface area contributed by atoms with Gasteiger partial charge in [0.1, 0.15) is 5.92 Å². The number of amides is 2. The summed E-state index contributed by atoms with van der Waals surface area (Å²) in [5, 5.41) is 6.60. The van der Waals surface area contributed by atoms with Gasteiger partial charge in [-0.15, -0.1) is 0 Å². The van der Waals surface area contributed by atoms with Crippen LogP contribution in [0.1, 0.15) is 25.5 Å². The van der Waals surface area contributed by atoms with Crippen molar-refractivity contribution < 1.29 is 14.3 Å². The smallest absolute Gasteiger partial charge is 0.315 e. The Hall–Kier alpha value is -2.50. The van der Waals surface area contributed by atoms with Gasteiger partial charge in [-0.05, 0) is 19.9 Å². The highest BCUT2D eigenvalue weighted by molar-refractivity contribution is 5.87. The van der Waals surface area contributed by atoms with Crippen LogP contribution in [0.2, 0.25) is 0 Å². The van der Waals surface area contributed by atoms with Gasteiger partial charge in [-0.2, -0.15) is 0 Å². The predicted octanol–water partition coefficient (Wildman–Crippen LogP) is 2.09. The molecule has 1 saturated heterocycles. The number of para-hydroxylation sites is 1. The average molecular weight is 301 g/mol. The van der Waals surface area contributed by atoms with Gasteiger partial charge < -0.3 is 20.4 Å². The van der Waals surface area contributed by atoms with Gasteiger partial charge in [0.15, 0.2) is 0 Å². The lowest BCUT2D eigenvalue weighted by atomic mass is 9.86. The van der Waals surface area contributed by atoms with Crippen LogP contribution in [0, 0.1) is 5.92 Å². The molecular formula is C16H19N3O3. The number of benzene rings is 1.